The van der Waals surface area contributed by atoms with Crippen LogP contribution in [-0.2, 0) is 0 Å². The second-order valence-electron chi connectivity index (χ2n) is 4.22. The van der Waals surface area contributed by atoms with E-state index in [0.717, 1.165) is 6.54 Å². The van der Waals surface area contributed by atoms with E-state index in [-0.39, 0.29) is 0 Å². The molecule has 0 spiro atoms. The molecule has 0 atom stereocenters. The third-order valence-electron chi connectivity index (χ3n) is 2.73. The molecule has 0 fully saturated rings. The van der Waals surface area contributed by atoms with E-state index >= 15 is 0 Å². The predicted molar refractivity (Wildman–Crippen MR) is 84.8 cm³/mol. The molecule has 0 amide bonds. The summed E-state index contributed by atoms with van der Waals surface area (Å²) < 4.78 is 0. The number of anilines is 1. The Morgan fingerprint density at radius 2 is 2.19 bits per heavy atom. The molecule has 3 aromatic heterocycles. The minimum absolute atomic E-state index is 0.527. The van der Waals surface area contributed by atoms with Gasteiger partial charge in [-0.2, -0.15) is 0 Å². The number of imidazole rings is 1. The summed E-state index contributed by atoms with van der Waals surface area (Å²) in [6, 6.07) is 3.66. The summed E-state index contributed by atoms with van der Waals surface area (Å²) in [4.78, 5) is 20.4. The number of rotatable bonds is 3. The summed E-state index contributed by atoms with van der Waals surface area (Å²) in [5.74, 6) is 1.28. The summed E-state index contributed by atoms with van der Waals surface area (Å²) in [7, 11) is 0. The number of pyridine rings is 1. The summed E-state index contributed by atoms with van der Waals surface area (Å²) in [6.45, 7) is 2.73. The Kier molecular flexibility index (Phi) is 3.69. The van der Waals surface area contributed by atoms with Crippen molar-refractivity contribution < 1.29 is 0 Å². The van der Waals surface area contributed by atoms with Gasteiger partial charge in [0.1, 0.15) is 17.0 Å². The van der Waals surface area contributed by atoms with Crippen molar-refractivity contribution in [1.29, 1.82) is 0 Å². The molecule has 0 saturated carbocycles. The number of hydrogen-bond donors (Lipinski definition) is 3. The van der Waals surface area contributed by atoms with Crippen LogP contribution in [0.25, 0.3) is 22.7 Å². The van der Waals surface area contributed by atoms with E-state index in [1.165, 1.54) is 0 Å². The second-order valence-corrected chi connectivity index (χ2v) is 4.62. The number of nitrogens with zero attached hydrogens (tertiary/aromatic N) is 4. The molecule has 3 rings (SSSR count). The van der Waals surface area contributed by atoms with Gasteiger partial charge in [0.05, 0.1) is 6.20 Å². The Balaban J connectivity index is 1.94. The fraction of sp³-hybridized carbons (Fsp3) is 0.154. The molecule has 3 aromatic rings. The average Bonchev–Trinajstić information content (AvgIpc) is 3.01. The van der Waals surface area contributed by atoms with Crippen LogP contribution < -0.4 is 10.6 Å². The van der Waals surface area contributed by atoms with Crippen LogP contribution in [0, 0.1) is 0 Å². The van der Waals surface area contributed by atoms with Gasteiger partial charge in [-0.1, -0.05) is 0 Å². The van der Waals surface area contributed by atoms with E-state index in [1.54, 1.807) is 18.6 Å². The van der Waals surface area contributed by atoms with E-state index in [4.69, 9.17) is 12.2 Å². The van der Waals surface area contributed by atoms with Crippen molar-refractivity contribution in [2.45, 2.75) is 6.92 Å². The highest BCUT2D eigenvalue weighted by molar-refractivity contribution is 7.80. The third-order valence-corrected chi connectivity index (χ3v) is 2.97. The van der Waals surface area contributed by atoms with Crippen LogP contribution in [-0.4, -0.2) is 36.6 Å². The van der Waals surface area contributed by atoms with Gasteiger partial charge in [0.2, 0.25) is 0 Å². The summed E-state index contributed by atoms with van der Waals surface area (Å²) in [5, 5.41) is 6.54. The van der Waals surface area contributed by atoms with Gasteiger partial charge in [0, 0.05) is 18.9 Å². The Bertz CT molecular complexity index is 769. The Hall–Kier alpha value is -2.61. The lowest BCUT2D eigenvalue weighted by atomic mass is 10.3. The summed E-state index contributed by atoms with van der Waals surface area (Å²) >= 11 is 5.14. The maximum Gasteiger partial charge on any atom is 0.180 e. The van der Waals surface area contributed by atoms with E-state index in [9.17, 15) is 0 Å². The molecule has 3 heterocycles. The number of H-pyrrole nitrogens is 1. The zero-order chi connectivity index (χ0) is 14.7. The average molecular weight is 299 g/mol. The van der Waals surface area contributed by atoms with Gasteiger partial charge in [-0.25, -0.2) is 15.0 Å². The molecular formula is C13H13N7S. The van der Waals surface area contributed by atoms with Gasteiger partial charge >= 0.3 is 0 Å². The van der Waals surface area contributed by atoms with E-state index < -0.39 is 0 Å². The van der Waals surface area contributed by atoms with Crippen molar-refractivity contribution in [2.75, 3.05) is 11.9 Å². The number of hydrogen-bond acceptors (Lipinski definition) is 5. The van der Waals surface area contributed by atoms with Gasteiger partial charge in [0.15, 0.2) is 16.6 Å². The molecule has 0 aliphatic heterocycles. The lowest BCUT2D eigenvalue weighted by Crippen LogP contribution is -2.28. The van der Waals surface area contributed by atoms with Gasteiger partial charge in [0.25, 0.3) is 0 Å². The first kappa shape index (κ1) is 13.4. The van der Waals surface area contributed by atoms with Crippen LogP contribution in [0.1, 0.15) is 6.92 Å². The standard InChI is InChI=1S/C13H13N7S/c1-2-14-13(21)20-10-4-3-8-12(19-10)18-9(7-17-8)11-15-5-6-16-11/h3-7H,2H2,1H3,(H,15,16)(H2,14,18,19,20,21). The summed E-state index contributed by atoms with van der Waals surface area (Å²) in [5.41, 5.74) is 1.89. The van der Waals surface area contributed by atoms with Crippen molar-refractivity contribution in [1.82, 2.24) is 30.2 Å². The van der Waals surface area contributed by atoms with Gasteiger partial charge in [-0.3, -0.25) is 4.98 Å². The van der Waals surface area contributed by atoms with Crippen LogP contribution in [0.3, 0.4) is 0 Å². The number of nitrogens with one attached hydrogen (secondary N) is 3. The second kappa shape index (κ2) is 5.80. The van der Waals surface area contributed by atoms with Crippen LogP contribution in [0.4, 0.5) is 5.82 Å². The van der Waals surface area contributed by atoms with Crippen molar-refractivity contribution in [3.63, 3.8) is 0 Å². The topological polar surface area (TPSA) is 91.4 Å². The van der Waals surface area contributed by atoms with Crippen molar-refractivity contribution in [3.8, 4) is 11.5 Å². The number of aromatic amines is 1. The quantitative estimate of drug-likeness (QED) is 0.634. The van der Waals surface area contributed by atoms with Gasteiger partial charge in [-0.05, 0) is 31.3 Å². The van der Waals surface area contributed by atoms with Gasteiger partial charge < -0.3 is 15.6 Å². The maximum absolute atomic E-state index is 5.14. The Morgan fingerprint density at radius 3 is 2.95 bits per heavy atom. The monoisotopic (exact) mass is 299 g/mol. The lowest BCUT2D eigenvalue weighted by molar-refractivity contribution is 0.978. The fourth-order valence-corrected chi connectivity index (χ4v) is 2.06. The predicted octanol–water partition coefficient (Wildman–Crippen LogP) is 1.72. The van der Waals surface area contributed by atoms with Crippen LogP contribution in [0.5, 0.6) is 0 Å². The van der Waals surface area contributed by atoms with E-state index in [0.29, 0.717) is 33.6 Å². The molecule has 0 unspecified atom stereocenters. The summed E-state index contributed by atoms with van der Waals surface area (Å²) in [6.07, 6.45) is 5.07. The normalized spacial score (nSPS) is 10.5. The highest BCUT2D eigenvalue weighted by atomic mass is 32.1. The largest absolute Gasteiger partial charge is 0.363 e. The molecule has 3 N–H and O–H groups in total. The molecule has 0 radical (unpaired) electrons. The van der Waals surface area contributed by atoms with Gasteiger partial charge in [-0.15, -0.1) is 0 Å². The van der Waals surface area contributed by atoms with Crippen molar-refractivity contribution >= 4 is 34.3 Å². The first-order valence-electron chi connectivity index (χ1n) is 6.44. The van der Waals surface area contributed by atoms with E-state index in [2.05, 4.69) is 35.6 Å². The number of thiocarbonyl (C=S) groups is 1. The lowest BCUT2D eigenvalue weighted by Gasteiger charge is -2.08. The molecule has 21 heavy (non-hydrogen) atoms. The Morgan fingerprint density at radius 1 is 1.29 bits per heavy atom. The highest BCUT2D eigenvalue weighted by Gasteiger charge is 2.07. The molecule has 0 aromatic carbocycles. The SMILES string of the molecule is CCNC(=S)Nc1ccc2ncc(-c3ncc[nH]3)nc2n1. The van der Waals surface area contributed by atoms with Crippen molar-refractivity contribution in [2.24, 2.45) is 0 Å². The zero-order valence-corrected chi connectivity index (χ0v) is 12.1. The third kappa shape index (κ3) is 2.95. The van der Waals surface area contributed by atoms with Crippen LogP contribution in [0.2, 0.25) is 0 Å². The molecule has 0 saturated heterocycles. The smallest absolute Gasteiger partial charge is 0.180 e. The highest BCUT2D eigenvalue weighted by Crippen LogP contribution is 2.16. The number of fused-ring (bicyclic) bond motifs is 1. The maximum atomic E-state index is 5.14. The Labute approximate surface area is 126 Å². The van der Waals surface area contributed by atoms with E-state index in [1.807, 2.05) is 19.1 Å². The molecule has 0 bridgehead atoms. The first-order chi connectivity index (χ1) is 10.3. The fourth-order valence-electron chi connectivity index (χ4n) is 1.81. The minimum atomic E-state index is 0.527. The molecule has 8 heteroatoms. The molecular weight excluding hydrogens is 286 g/mol. The van der Waals surface area contributed by atoms with Crippen LogP contribution in [0.15, 0.2) is 30.7 Å². The minimum Gasteiger partial charge on any atom is -0.363 e. The first-order valence-corrected chi connectivity index (χ1v) is 6.85. The molecule has 7 nitrogen and oxygen atoms in total. The molecule has 106 valence electrons. The number of aromatic nitrogens is 5. The zero-order valence-electron chi connectivity index (χ0n) is 11.3. The van der Waals surface area contributed by atoms with Crippen molar-refractivity contribution in [3.05, 3.63) is 30.7 Å². The molecule has 0 aliphatic rings. The van der Waals surface area contributed by atoms with Crippen LogP contribution >= 0.6 is 12.2 Å². The molecule has 0 aliphatic carbocycles.